The fourth-order valence-electron chi connectivity index (χ4n) is 2.58. The Labute approximate surface area is 133 Å². The van der Waals surface area contributed by atoms with Crippen molar-refractivity contribution < 1.29 is 4.79 Å². The van der Waals surface area contributed by atoms with Gasteiger partial charge in [0.25, 0.3) is 5.91 Å². The van der Waals surface area contributed by atoms with Crippen LogP contribution in [0.3, 0.4) is 0 Å². The monoisotopic (exact) mass is 320 g/mol. The van der Waals surface area contributed by atoms with E-state index in [1.165, 1.54) is 6.20 Å². The highest BCUT2D eigenvalue weighted by molar-refractivity contribution is 6.30. The standard InChI is InChI=1S/C16H14Cl2N2O/c17-13-5-3-12(4-6-13)16(8-1-9-16)20-15(21)11-2-7-14(18)19-10-11/h2-7,10H,1,8-9H2,(H,20,21). The van der Waals surface area contributed by atoms with Gasteiger partial charge in [0.15, 0.2) is 0 Å². The molecule has 0 atom stereocenters. The van der Waals surface area contributed by atoms with Crippen LogP contribution in [0, 0.1) is 0 Å². The SMILES string of the molecule is O=C(NC1(c2ccc(Cl)cc2)CCC1)c1ccc(Cl)nc1. The molecule has 1 fully saturated rings. The van der Waals surface area contributed by atoms with Crippen LogP contribution in [0.15, 0.2) is 42.6 Å². The van der Waals surface area contributed by atoms with Crippen LogP contribution in [0.4, 0.5) is 0 Å². The van der Waals surface area contributed by atoms with E-state index in [1.54, 1.807) is 12.1 Å². The summed E-state index contributed by atoms with van der Waals surface area (Å²) in [5.74, 6) is -0.131. The molecule has 0 spiro atoms. The summed E-state index contributed by atoms with van der Waals surface area (Å²) in [4.78, 5) is 16.3. The van der Waals surface area contributed by atoms with Gasteiger partial charge in [0.1, 0.15) is 5.15 Å². The molecule has 1 N–H and O–H groups in total. The van der Waals surface area contributed by atoms with Gasteiger partial charge in [-0.25, -0.2) is 4.98 Å². The van der Waals surface area contributed by atoms with Gasteiger partial charge >= 0.3 is 0 Å². The molecular formula is C16H14Cl2N2O. The molecule has 0 radical (unpaired) electrons. The summed E-state index contributed by atoms with van der Waals surface area (Å²) in [6.45, 7) is 0. The molecule has 1 aromatic carbocycles. The average Bonchev–Trinajstić information content (AvgIpc) is 2.44. The minimum Gasteiger partial charge on any atom is -0.342 e. The number of halogens is 2. The highest BCUT2D eigenvalue weighted by atomic mass is 35.5. The third-order valence-corrected chi connectivity index (χ3v) is 4.42. The molecule has 0 unspecified atom stereocenters. The van der Waals surface area contributed by atoms with Crippen molar-refractivity contribution in [2.45, 2.75) is 24.8 Å². The van der Waals surface area contributed by atoms with Gasteiger partial charge in [0.2, 0.25) is 0 Å². The number of amides is 1. The van der Waals surface area contributed by atoms with Crippen LogP contribution >= 0.6 is 23.2 Å². The van der Waals surface area contributed by atoms with Crippen molar-refractivity contribution in [3.8, 4) is 0 Å². The molecule has 1 aliphatic rings. The predicted octanol–water partition coefficient (Wildman–Crippen LogP) is 4.20. The molecule has 1 aliphatic carbocycles. The van der Waals surface area contributed by atoms with Crippen LogP contribution in [0.1, 0.15) is 35.2 Å². The van der Waals surface area contributed by atoms with E-state index in [-0.39, 0.29) is 11.4 Å². The van der Waals surface area contributed by atoms with Crippen LogP contribution in [0.5, 0.6) is 0 Å². The first kappa shape index (κ1) is 14.4. The van der Waals surface area contributed by atoms with Gasteiger partial charge in [0.05, 0.1) is 11.1 Å². The first-order valence-corrected chi connectivity index (χ1v) is 7.55. The Morgan fingerprint density at radius 1 is 1.10 bits per heavy atom. The van der Waals surface area contributed by atoms with Crippen LogP contribution in [0.2, 0.25) is 10.2 Å². The van der Waals surface area contributed by atoms with Gasteiger partial charge in [0, 0.05) is 11.2 Å². The summed E-state index contributed by atoms with van der Waals surface area (Å²) in [7, 11) is 0. The quantitative estimate of drug-likeness (QED) is 0.861. The maximum atomic E-state index is 12.4. The lowest BCUT2D eigenvalue weighted by atomic mass is 9.71. The fraction of sp³-hybridized carbons (Fsp3) is 0.250. The number of hydrogen-bond acceptors (Lipinski definition) is 2. The lowest BCUT2D eigenvalue weighted by molar-refractivity contribution is 0.0823. The number of pyridine rings is 1. The summed E-state index contributed by atoms with van der Waals surface area (Å²) in [5.41, 5.74) is 1.31. The van der Waals surface area contributed by atoms with E-state index < -0.39 is 0 Å². The van der Waals surface area contributed by atoms with E-state index in [0.29, 0.717) is 15.7 Å². The fourth-order valence-corrected chi connectivity index (χ4v) is 2.82. The maximum absolute atomic E-state index is 12.4. The number of carbonyl (C=O) groups is 1. The van der Waals surface area contributed by atoms with Crippen molar-refractivity contribution in [1.29, 1.82) is 0 Å². The van der Waals surface area contributed by atoms with Gasteiger partial charge in [-0.15, -0.1) is 0 Å². The smallest absolute Gasteiger partial charge is 0.253 e. The normalized spacial score (nSPS) is 16.1. The zero-order valence-corrected chi connectivity index (χ0v) is 12.8. The minimum absolute atomic E-state index is 0.131. The molecule has 1 saturated carbocycles. The molecule has 5 heteroatoms. The molecule has 0 bridgehead atoms. The van der Waals surface area contributed by atoms with Crippen molar-refractivity contribution in [2.24, 2.45) is 0 Å². The lowest BCUT2D eigenvalue weighted by Crippen LogP contribution is -2.50. The van der Waals surface area contributed by atoms with E-state index in [9.17, 15) is 4.79 Å². The van der Waals surface area contributed by atoms with Gasteiger partial charge in [-0.05, 0) is 49.1 Å². The van der Waals surface area contributed by atoms with E-state index in [2.05, 4.69) is 10.3 Å². The Balaban J connectivity index is 1.82. The molecule has 21 heavy (non-hydrogen) atoms. The van der Waals surface area contributed by atoms with E-state index in [0.717, 1.165) is 24.8 Å². The third-order valence-electron chi connectivity index (χ3n) is 3.95. The lowest BCUT2D eigenvalue weighted by Gasteiger charge is -2.43. The predicted molar refractivity (Wildman–Crippen MR) is 83.7 cm³/mol. The van der Waals surface area contributed by atoms with Crippen LogP contribution in [-0.2, 0) is 5.54 Å². The van der Waals surface area contributed by atoms with Crippen LogP contribution in [0.25, 0.3) is 0 Å². The molecule has 0 aliphatic heterocycles. The minimum atomic E-state index is -0.290. The number of nitrogens with zero attached hydrogens (tertiary/aromatic N) is 1. The zero-order chi connectivity index (χ0) is 14.9. The number of hydrogen-bond donors (Lipinski definition) is 1. The Hall–Kier alpha value is -1.58. The van der Waals surface area contributed by atoms with Crippen molar-refractivity contribution in [2.75, 3.05) is 0 Å². The average molecular weight is 321 g/mol. The Bertz CT molecular complexity index is 649. The van der Waals surface area contributed by atoms with E-state index >= 15 is 0 Å². The molecule has 3 nitrogen and oxygen atoms in total. The molecule has 1 heterocycles. The molecule has 2 aromatic rings. The topological polar surface area (TPSA) is 42.0 Å². The van der Waals surface area contributed by atoms with E-state index in [1.807, 2.05) is 24.3 Å². The summed E-state index contributed by atoms with van der Waals surface area (Å²) in [6, 6.07) is 11.0. The first-order valence-electron chi connectivity index (χ1n) is 6.79. The second-order valence-electron chi connectivity index (χ2n) is 5.27. The number of carbonyl (C=O) groups excluding carboxylic acids is 1. The van der Waals surface area contributed by atoms with Crippen LogP contribution in [-0.4, -0.2) is 10.9 Å². The summed E-state index contributed by atoms with van der Waals surface area (Å²) < 4.78 is 0. The molecule has 3 rings (SSSR count). The second kappa shape index (κ2) is 5.66. The molecule has 1 amide bonds. The molecule has 108 valence electrons. The second-order valence-corrected chi connectivity index (χ2v) is 6.09. The first-order chi connectivity index (χ1) is 10.1. The summed E-state index contributed by atoms with van der Waals surface area (Å²) >= 11 is 11.7. The van der Waals surface area contributed by atoms with Crippen molar-refractivity contribution in [1.82, 2.24) is 10.3 Å². The van der Waals surface area contributed by atoms with Crippen molar-refractivity contribution in [3.63, 3.8) is 0 Å². The molecule has 1 aromatic heterocycles. The maximum Gasteiger partial charge on any atom is 0.253 e. The Morgan fingerprint density at radius 3 is 2.33 bits per heavy atom. The van der Waals surface area contributed by atoms with Crippen molar-refractivity contribution >= 4 is 29.1 Å². The zero-order valence-electron chi connectivity index (χ0n) is 11.3. The summed E-state index contributed by atoms with van der Waals surface area (Å²) in [6.07, 6.45) is 4.45. The van der Waals surface area contributed by atoms with Gasteiger partial charge in [-0.1, -0.05) is 35.3 Å². The van der Waals surface area contributed by atoms with Crippen molar-refractivity contribution in [3.05, 3.63) is 63.9 Å². The molecule has 0 saturated heterocycles. The van der Waals surface area contributed by atoms with E-state index in [4.69, 9.17) is 23.2 Å². The number of benzene rings is 1. The number of nitrogens with one attached hydrogen (secondary N) is 1. The number of aromatic nitrogens is 1. The summed E-state index contributed by atoms with van der Waals surface area (Å²) in [5, 5.41) is 4.21. The molecular weight excluding hydrogens is 307 g/mol. The van der Waals surface area contributed by atoms with Crippen LogP contribution < -0.4 is 5.32 Å². The van der Waals surface area contributed by atoms with Gasteiger partial charge in [-0.3, -0.25) is 4.79 Å². The van der Waals surface area contributed by atoms with Gasteiger partial charge in [-0.2, -0.15) is 0 Å². The highest BCUT2D eigenvalue weighted by Gasteiger charge is 2.40. The third kappa shape index (κ3) is 2.89. The largest absolute Gasteiger partial charge is 0.342 e. The Morgan fingerprint density at radius 2 is 1.81 bits per heavy atom. The van der Waals surface area contributed by atoms with Gasteiger partial charge < -0.3 is 5.32 Å². The number of rotatable bonds is 3. The highest BCUT2D eigenvalue weighted by Crippen LogP contribution is 2.41. The Kier molecular flexibility index (Phi) is 3.87.